The molecular weight excluding hydrogens is 248 g/mol. The van der Waals surface area contributed by atoms with Crippen molar-refractivity contribution in [2.24, 2.45) is 0 Å². The molecule has 18 heavy (non-hydrogen) atoms. The Hall–Kier alpha value is -0.940. The minimum Gasteiger partial charge on any atom is -0.481 e. The van der Waals surface area contributed by atoms with Crippen LogP contribution in [0.15, 0.2) is 10.9 Å². The lowest BCUT2D eigenvalue weighted by molar-refractivity contribution is -0.141. The van der Waals surface area contributed by atoms with E-state index in [0.717, 1.165) is 37.9 Å². The van der Waals surface area contributed by atoms with E-state index in [1.807, 2.05) is 17.9 Å². The van der Waals surface area contributed by atoms with Crippen LogP contribution in [0.25, 0.3) is 0 Å². The van der Waals surface area contributed by atoms with Gasteiger partial charge >= 0.3 is 5.97 Å². The van der Waals surface area contributed by atoms with E-state index in [0.29, 0.717) is 0 Å². The van der Waals surface area contributed by atoms with Gasteiger partial charge in [0.2, 0.25) is 0 Å². The molecule has 1 aliphatic carbocycles. The van der Waals surface area contributed by atoms with Crippen LogP contribution in [0, 0.1) is 0 Å². The van der Waals surface area contributed by atoms with Gasteiger partial charge in [-0.05, 0) is 19.9 Å². The number of carboxylic acids is 1. The normalized spacial score (nSPS) is 19.0. The molecule has 0 aromatic carbocycles. The Morgan fingerprint density at radius 1 is 1.50 bits per heavy atom. The van der Waals surface area contributed by atoms with Gasteiger partial charge in [0.15, 0.2) is 0 Å². The first kappa shape index (κ1) is 13.5. The summed E-state index contributed by atoms with van der Waals surface area (Å²) in [4.78, 5) is 17.6. The predicted octanol–water partition coefficient (Wildman–Crippen LogP) is 2.75. The van der Waals surface area contributed by atoms with Gasteiger partial charge < -0.3 is 5.11 Å². The molecule has 5 heteroatoms. The number of rotatable bonds is 5. The summed E-state index contributed by atoms with van der Waals surface area (Å²) < 4.78 is 0. The van der Waals surface area contributed by atoms with E-state index in [-0.39, 0.29) is 12.0 Å². The Morgan fingerprint density at radius 3 is 2.78 bits per heavy atom. The molecule has 1 fully saturated rings. The van der Waals surface area contributed by atoms with E-state index < -0.39 is 5.97 Å². The van der Waals surface area contributed by atoms with Crippen LogP contribution in [0.5, 0.6) is 0 Å². The molecule has 1 heterocycles. The molecular formula is C13H20N2O2S. The van der Waals surface area contributed by atoms with Crippen molar-refractivity contribution in [3.05, 3.63) is 16.6 Å². The molecule has 1 aromatic rings. The largest absolute Gasteiger partial charge is 0.481 e. The first-order valence-corrected chi connectivity index (χ1v) is 7.37. The molecule has 0 saturated heterocycles. The lowest BCUT2D eigenvalue weighted by Gasteiger charge is -2.43. The third-order valence-electron chi connectivity index (χ3n) is 3.96. The summed E-state index contributed by atoms with van der Waals surface area (Å²) in [5.41, 5.74) is 2.69. The topological polar surface area (TPSA) is 53.4 Å². The van der Waals surface area contributed by atoms with Crippen LogP contribution in [0.4, 0.5) is 0 Å². The molecule has 1 aromatic heterocycles. The van der Waals surface area contributed by atoms with Gasteiger partial charge in [0, 0.05) is 17.5 Å². The summed E-state index contributed by atoms with van der Waals surface area (Å²) in [6.07, 6.45) is 5.71. The van der Waals surface area contributed by atoms with Crippen LogP contribution in [0.2, 0.25) is 0 Å². The van der Waals surface area contributed by atoms with Crippen molar-refractivity contribution >= 4 is 17.3 Å². The Labute approximate surface area is 112 Å². The highest BCUT2D eigenvalue weighted by Gasteiger charge is 2.38. The molecule has 100 valence electrons. The molecule has 0 atom stereocenters. The number of thiazole rings is 1. The number of hydrogen-bond acceptors (Lipinski definition) is 4. The Bertz CT molecular complexity index is 386. The van der Waals surface area contributed by atoms with Crippen molar-refractivity contribution in [1.29, 1.82) is 0 Å². The number of nitrogens with zero attached hydrogens (tertiary/aromatic N) is 2. The van der Waals surface area contributed by atoms with Gasteiger partial charge in [-0.1, -0.05) is 19.3 Å². The third kappa shape index (κ3) is 3.09. The first-order chi connectivity index (χ1) is 8.62. The van der Waals surface area contributed by atoms with Crippen LogP contribution < -0.4 is 0 Å². The monoisotopic (exact) mass is 268 g/mol. The summed E-state index contributed by atoms with van der Waals surface area (Å²) in [5, 5.41) is 11.2. The number of aromatic nitrogens is 1. The summed E-state index contributed by atoms with van der Waals surface area (Å²) in [6.45, 7) is 0.747. The second kappa shape index (κ2) is 5.80. The minimum atomic E-state index is -0.693. The van der Waals surface area contributed by atoms with Crippen molar-refractivity contribution in [3.8, 4) is 0 Å². The standard InChI is InChI=1S/C13H20N2O2S/c1-15(8-11-9-18-10-14-11)13(7-12(16)17)5-3-2-4-6-13/h9-10H,2-8H2,1H3,(H,16,17). The summed E-state index contributed by atoms with van der Waals surface area (Å²) in [7, 11) is 2.04. The van der Waals surface area contributed by atoms with E-state index in [1.54, 1.807) is 11.3 Å². The molecule has 0 amide bonds. The predicted molar refractivity (Wildman–Crippen MR) is 71.6 cm³/mol. The highest BCUT2D eigenvalue weighted by atomic mass is 32.1. The fraction of sp³-hybridized carbons (Fsp3) is 0.692. The molecule has 0 bridgehead atoms. The smallest absolute Gasteiger partial charge is 0.305 e. The van der Waals surface area contributed by atoms with E-state index in [1.165, 1.54) is 6.42 Å². The van der Waals surface area contributed by atoms with Crippen LogP contribution >= 0.6 is 11.3 Å². The fourth-order valence-corrected chi connectivity index (χ4v) is 3.46. The number of carboxylic acid groups (broad SMARTS) is 1. The molecule has 0 aliphatic heterocycles. The van der Waals surface area contributed by atoms with Gasteiger partial charge in [-0.2, -0.15) is 0 Å². The quantitative estimate of drug-likeness (QED) is 0.892. The summed E-state index contributed by atoms with van der Waals surface area (Å²) in [5.74, 6) is -0.693. The fourth-order valence-electron chi connectivity index (χ4n) is 2.91. The van der Waals surface area contributed by atoms with Crippen molar-refractivity contribution in [1.82, 2.24) is 9.88 Å². The zero-order valence-corrected chi connectivity index (χ0v) is 11.6. The maximum absolute atomic E-state index is 11.1. The highest BCUT2D eigenvalue weighted by molar-refractivity contribution is 7.07. The summed E-state index contributed by atoms with van der Waals surface area (Å²) in [6, 6.07) is 0. The zero-order chi connectivity index (χ0) is 13.0. The molecule has 1 N–H and O–H groups in total. The average molecular weight is 268 g/mol. The van der Waals surface area contributed by atoms with Gasteiger partial charge in [-0.15, -0.1) is 11.3 Å². The van der Waals surface area contributed by atoms with E-state index in [2.05, 4.69) is 9.88 Å². The third-order valence-corrected chi connectivity index (χ3v) is 4.59. The molecule has 4 nitrogen and oxygen atoms in total. The number of aliphatic carboxylic acids is 1. The number of hydrogen-bond donors (Lipinski definition) is 1. The van der Waals surface area contributed by atoms with Gasteiger partial charge in [0.25, 0.3) is 0 Å². The van der Waals surface area contributed by atoms with Crippen molar-refractivity contribution in [2.45, 2.75) is 50.6 Å². The number of carbonyl (C=O) groups is 1. The zero-order valence-electron chi connectivity index (χ0n) is 10.8. The SMILES string of the molecule is CN(Cc1cscn1)C1(CC(=O)O)CCCCC1. The lowest BCUT2D eigenvalue weighted by Crippen LogP contribution is -2.49. The maximum Gasteiger partial charge on any atom is 0.305 e. The summed E-state index contributed by atoms with van der Waals surface area (Å²) >= 11 is 1.59. The Morgan fingerprint density at radius 2 is 2.22 bits per heavy atom. The molecule has 0 unspecified atom stereocenters. The molecule has 0 radical (unpaired) electrons. The van der Waals surface area contributed by atoms with Gasteiger partial charge in [0.05, 0.1) is 17.6 Å². The van der Waals surface area contributed by atoms with Gasteiger partial charge in [-0.25, -0.2) is 4.98 Å². The van der Waals surface area contributed by atoms with Crippen LogP contribution in [0.1, 0.15) is 44.2 Å². The van der Waals surface area contributed by atoms with E-state index >= 15 is 0 Å². The molecule has 2 rings (SSSR count). The molecule has 0 spiro atoms. The van der Waals surface area contributed by atoms with Crippen LogP contribution in [-0.2, 0) is 11.3 Å². The molecule has 1 saturated carbocycles. The van der Waals surface area contributed by atoms with E-state index in [4.69, 9.17) is 5.11 Å². The van der Waals surface area contributed by atoms with Crippen molar-refractivity contribution in [3.63, 3.8) is 0 Å². The minimum absolute atomic E-state index is 0.173. The maximum atomic E-state index is 11.1. The second-order valence-electron chi connectivity index (χ2n) is 5.19. The van der Waals surface area contributed by atoms with Crippen LogP contribution in [0.3, 0.4) is 0 Å². The van der Waals surface area contributed by atoms with Crippen LogP contribution in [-0.4, -0.2) is 33.5 Å². The van der Waals surface area contributed by atoms with Gasteiger partial charge in [-0.3, -0.25) is 9.69 Å². The lowest BCUT2D eigenvalue weighted by atomic mass is 9.78. The average Bonchev–Trinajstić information content (AvgIpc) is 2.82. The Balaban J connectivity index is 2.09. The van der Waals surface area contributed by atoms with E-state index in [9.17, 15) is 4.79 Å². The molecule has 1 aliphatic rings. The van der Waals surface area contributed by atoms with Crippen molar-refractivity contribution in [2.75, 3.05) is 7.05 Å². The van der Waals surface area contributed by atoms with Gasteiger partial charge in [0.1, 0.15) is 0 Å². The second-order valence-corrected chi connectivity index (χ2v) is 5.91. The van der Waals surface area contributed by atoms with Crippen molar-refractivity contribution < 1.29 is 9.90 Å². The first-order valence-electron chi connectivity index (χ1n) is 6.42. The Kier molecular flexibility index (Phi) is 4.35. The highest BCUT2D eigenvalue weighted by Crippen LogP contribution is 2.36.